The number of pyridine rings is 1. The summed E-state index contributed by atoms with van der Waals surface area (Å²) in [4.78, 5) is 28.8. The average molecular weight is 444 g/mol. The zero-order valence-corrected chi connectivity index (χ0v) is 18.6. The number of aromatic nitrogens is 1. The Morgan fingerprint density at radius 3 is 2.52 bits per heavy atom. The lowest BCUT2D eigenvalue weighted by Gasteiger charge is -2.17. The first-order valence-electron chi connectivity index (χ1n) is 10.5. The van der Waals surface area contributed by atoms with Gasteiger partial charge in [-0.15, -0.1) is 0 Å². The lowest BCUT2D eigenvalue weighted by atomic mass is 10.00. The average Bonchev–Trinajstić information content (AvgIpc) is 2.84. The summed E-state index contributed by atoms with van der Waals surface area (Å²) < 4.78 is 16.7. The molecule has 0 bridgehead atoms. The number of rotatable bonds is 7. The molecule has 0 saturated heterocycles. The number of aryl methyl sites for hydroxylation is 1. The van der Waals surface area contributed by atoms with E-state index in [1.165, 1.54) is 6.07 Å². The number of fused-ring (bicyclic) bond motifs is 1. The lowest BCUT2D eigenvalue weighted by molar-refractivity contribution is -0.127. The van der Waals surface area contributed by atoms with E-state index >= 15 is 0 Å². The normalized spacial score (nSPS) is 11.7. The zero-order chi connectivity index (χ0) is 23.4. The number of carbonyl (C=O) groups is 1. The van der Waals surface area contributed by atoms with E-state index in [1.807, 2.05) is 42.5 Å². The van der Waals surface area contributed by atoms with E-state index in [0.29, 0.717) is 23.4 Å². The van der Waals surface area contributed by atoms with E-state index in [1.54, 1.807) is 39.4 Å². The summed E-state index contributed by atoms with van der Waals surface area (Å²) in [6.07, 6.45) is 2.61. The minimum Gasteiger partial charge on any atom is -0.497 e. The summed E-state index contributed by atoms with van der Waals surface area (Å²) in [5.41, 5.74) is 3.17. The predicted octanol–water partition coefficient (Wildman–Crippen LogP) is 4.26. The van der Waals surface area contributed by atoms with Gasteiger partial charge in [0.25, 0.3) is 5.91 Å². The van der Waals surface area contributed by atoms with Crippen LogP contribution in [-0.2, 0) is 11.3 Å². The second-order valence-electron chi connectivity index (χ2n) is 7.61. The first-order valence-corrected chi connectivity index (χ1v) is 10.5. The van der Waals surface area contributed by atoms with Crippen LogP contribution in [0.1, 0.15) is 18.1 Å². The van der Waals surface area contributed by atoms with Gasteiger partial charge in [-0.3, -0.25) is 9.78 Å². The molecule has 4 aromatic rings. The van der Waals surface area contributed by atoms with Crippen LogP contribution in [0.5, 0.6) is 11.5 Å². The summed E-state index contributed by atoms with van der Waals surface area (Å²) >= 11 is 0. The molecule has 0 aliphatic carbocycles. The van der Waals surface area contributed by atoms with E-state index in [4.69, 9.17) is 13.9 Å². The molecule has 1 atom stereocenters. The second-order valence-corrected chi connectivity index (χ2v) is 7.61. The minimum atomic E-state index is -0.737. The maximum atomic E-state index is 12.5. The molecule has 7 heteroatoms. The third-order valence-electron chi connectivity index (χ3n) is 5.40. The molecule has 2 aromatic heterocycles. The van der Waals surface area contributed by atoms with Gasteiger partial charge in [-0.05, 0) is 66.9 Å². The highest BCUT2D eigenvalue weighted by Crippen LogP contribution is 2.34. The number of hydrogen-bond donors (Lipinski definition) is 1. The predicted molar refractivity (Wildman–Crippen MR) is 125 cm³/mol. The fourth-order valence-electron chi connectivity index (χ4n) is 3.56. The Labute approximate surface area is 191 Å². The number of amides is 1. The number of ether oxygens (including phenoxy) is 2. The van der Waals surface area contributed by atoms with Crippen molar-refractivity contribution < 1.29 is 18.7 Å². The van der Waals surface area contributed by atoms with Crippen LogP contribution in [0, 0.1) is 6.92 Å². The highest BCUT2D eigenvalue weighted by atomic mass is 16.5. The fourth-order valence-corrected chi connectivity index (χ4v) is 3.56. The van der Waals surface area contributed by atoms with Gasteiger partial charge in [0.2, 0.25) is 0 Å². The summed E-state index contributed by atoms with van der Waals surface area (Å²) in [6, 6.07) is 16.2. The molecule has 1 amide bonds. The molecule has 0 saturated carbocycles. The van der Waals surface area contributed by atoms with Crippen LogP contribution in [0.2, 0.25) is 0 Å². The van der Waals surface area contributed by atoms with Crippen molar-refractivity contribution in [2.75, 3.05) is 7.11 Å². The Bertz CT molecular complexity index is 1330. The monoisotopic (exact) mass is 444 g/mol. The number of methoxy groups -OCH3 is 1. The topological polar surface area (TPSA) is 90.7 Å². The minimum absolute atomic E-state index is 0.250. The van der Waals surface area contributed by atoms with Gasteiger partial charge < -0.3 is 19.2 Å². The molecule has 0 fully saturated rings. The van der Waals surface area contributed by atoms with Gasteiger partial charge in [-0.25, -0.2) is 4.79 Å². The molecule has 0 unspecified atom stereocenters. The molecule has 0 aliphatic heterocycles. The summed E-state index contributed by atoms with van der Waals surface area (Å²) in [7, 11) is 1.60. The molecule has 7 nitrogen and oxygen atoms in total. The molecule has 33 heavy (non-hydrogen) atoms. The van der Waals surface area contributed by atoms with E-state index in [9.17, 15) is 9.59 Å². The summed E-state index contributed by atoms with van der Waals surface area (Å²) in [6.45, 7) is 3.86. The van der Waals surface area contributed by atoms with Crippen molar-refractivity contribution in [3.63, 3.8) is 0 Å². The van der Waals surface area contributed by atoms with E-state index in [0.717, 1.165) is 27.8 Å². The van der Waals surface area contributed by atoms with Crippen LogP contribution in [0.4, 0.5) is 0 Å². The highest BCUT2D eigenvalue weighted by molar-refractivity contribution is 5.95. The molecular weight excluding hydrogens is 420 g/mol. The van der Waals surface area contributed by atoms with E-state index in [2.05, 4.69) is 10.3 Å². The quantitative estimate of drug-likeness (QED) is 0.429. The van der Waals surface area contributed by atoms with Crippen LogP contribution in [0.3, 0.4) is 0 Å². The molecule has 4 rings (SSSR count). The third kappa shape index (κ3) is 4.87. The number of nitrogens with one attached hydrogen (secondary N) is 1. The van der Waals surface area contributed by atoms with Gasteiger partial charge in [-0.2, -0.15) is 0 Å². The van der Waals surface area contributed by atoms with Gasteiger partial charge in [0, 0.05) is 36.0 Å². The van der Waals surface area contributed by atoms with Crippen molar-refractivity contribution in [3.8, 4) is 22.6 Å². The zero-order valence-electron chi connectivity index (χ0n) is 18.6. The van der Waals surface area contributed by atoms with Crippen molar-refractivity contribution in [2.45, 2.75) is 26.5 Å². The van der Waals surface area contributed by atoms with Crippen molar-refractivity contribution in [1.82, 2.24) is 10.3 Å². The van der Waals surface area contributed by atoms with Crippen molar-refractivity contribution in [3.05, 3.63) is 88.5 Å². The van der Waals surface area contributed by atoms with Gasteiger partial charge in [0.05, 0.1) is 7.11 Å². The third-order valence-corrected chi connectivity index (χ3v) is 5.40. The lowest BCUT2D eigenvalue weighted by Crippen LogP contribution is -2.36. The number of carbonyl (C=O) groups excluding carboxylic acids is 1. The largest absolute Gasteiger partial charge is 0.497 e. The standard InChI is InChI=1S/C26H24N2O5/c1-16-23(32-17(2)26(30)28-15-18-10-12-27-13-11-18)9-8-21-22(14-24(29)33-25(16)21)19-4-6-20(31-3)7-5-19/h4-14,17H,15H2,1-3H3,(H,28,30)/t17-/m1/s1. The van der Waals surface area contributed by atoms with Crippen LogP contribution < -0.4 is 20.4 Å². The maximum absolute atomic E-state index is 12.5. The molecule has 0 spiro atoms. The number of hydrogen-bond acceptors (Lipinski definition) is 6. The van der Waals surface area contributed by atoms with Crippen LogP contribution in [0.15, 0.2) is 76.2 Å². The van der Waals surface area contributed by atoms with Gasteiger partial charge in [-0.1, -0.05) is 12.1 Å². The number of nitrogens with zero attached hydrogens (tertiary/aromatic N) is 1. The first kappa shape index (κ1) is 22.1. The van der Waals surface area contributed by atoms with Crippen molar-refractivity contribution >= 4 is 16.9 Å². The molecule has 2 aromatic carbocycles. The Hall–Kier alpha value is -4.13. The summed E-state index contributed by atoms with van der Waals surface area (Å²) in [5, 5.41) is 3.63. The van der Waals surface area contributed by atoms with Crippen LogP contribution >= 0.6 is 0 Å². The maximum Gasteiger partial charge on any atom is 0.336 e. The van der Waals surface area contributed by atoms with Gasteiger partial charge in [0.15, 0.2) is 6.10 Å². The second kappa shape index (κ2) is 9.56. The summed E-state index contributed by atoms with van der Waals surface area (Å²) in [5.74, 6) is 0.956. The van der Waals surface area contributed by atoms with Gasteiger partial charge >= 0.3 is 5.63 Å². The SMILES string of the molecule is COc1ccc(-c2cc(=O)oc3c(C)c(O[C@H](C)C(=O)NCc4ccncc4)ccc23)cc1. The van der Waals surface area contributed by atoms with E-state index in [-0.39, 0.29) is 5.91 Å². The Morgan fingerprint density at radius 2 is 1.82 bits per heavy atom. The molecular formula is C26H24N2O5. The van der Waals surface area contributed by atoms with E-state index < -0.39 is 11.7 Å². The molecule has 1 N–H and O–H groups in total. The molecule has 0 aliphatic rings. The van der Waals surface area contributed by atoms with Crippen molar-refractivity contribution in [1.29, 1.82) is 0 Å². The first-order chi connectivity index (χ1) is 16.0. The highest BCUT2D eigenvalue weighted by Gasteiger charge is 2.18. The fraction of sp³-hybridized carbons (Fsp3) is 0.192. The van der Waals surface area contributed by atoms with Crippen LogP contribution in [-0.4, -0.2) is 24.1 Å². The Morgan fingerprint density at radius 1 is 1.09 bits per heavy atom. The molecule has 0 radical (unpaired) electrons. The van der Waals surface area contributed by atoms with Crippen molar-refractivity contribution in [2.24, 2.45) is 0 Å². The smallest absolute Gasteiger partial charge is 0.336 e. The number of benzene rings is 2. The molecule has 2 heterocycles. The Kier molecular flexibility index (Phi) is 6.40. The van der Waals surface area contributed by atoms with Gasteiger partial charge in [0.1, 0.15) is 17.1 Å². The Balaban J connectivity index is 1.58. The molecule has 168 valence electrons. The van der Waals surface area contributed by atoms with Crippen LogP contribution in [0.25, 0.3) is 22.1 Å².